The number of fused-ring (bicyclic) bond motifs is 17. The average molecular weight is 893 g/mol. The molecule has 15 rings (SSSR count). The SMILES string of the molecule is c1ccc(N(c2ccc3c(ccc4ccccc43)c2)c2cc3oc4c(ccc5oc6cc(N(c7ccccc7)c7ccc8c(ccc9ccccc98)c7)c7ccccc7c6c54)c3c3ccccc23)cc1. The van der Waals surface area contributed by atoms with Crippen LogP contribution >= 0.6 is 0 Å². The third kappa shape index (κ3) is 5.77. The van der Waals surface area contributed by atoms with Gasteiger partial charge in [0.1, 0.15) is 22.3 Å². The van der Waals surface area contributed by atoms with Crippen LogP contribution < -0.4 is 9.80 Å². The van der Waals surface area contributed by atoms with Crippen LogP contribution in [-0.2, 0) is 0 Å². The van der Waals surface area contributed by atoms with Crippen LogP contribution in [0.1, 0.15) is 0 Å². The molecule has 0 amide bonds. The highest BCUT2D eigenvalue weighted by atomic mass is 16.3. The Morgan fingerprint density at radius 2 is 0.643 bits per heavy atom. The summed E-state index contributed by atoms with van der Waals surface area (Å²) in [6, 6.07) is 87.3. The molecule has 2 heterocycles. The molecule has 0 saturated carbocycles. The van der Waals surface area contributed by atoms with Gasteiger partial charge in [-0.1, -0.05) is 170 Å². The van der Waals surface area contributed by atoms with Gasteiger partial charge in [0, 0.05) is 61.8 Å². The van der Waals surface area contributed by atoms with E-state index in [9.17, 15) is 0 Å². The van der Waals surface area contributed by atoms with Gasteiger partial charge in [-0.15, -0.1) is 0 Å². The quantitative estimate of drug-likeness (QED) is 0.156. The number of hydrogen-bond donors (Lipinski definition) is 0. The predicted octanol–water partition coefficient (Wildman–Crippen LogP) is 19.3. The lowest BCUT2D eigenvalue weighted by molar-refractivity contribution is 0.663. The van der Waals surface area contributed by atoms with Gasteiger partial charge in [0.25, 0.3) is 0 Å². The fourth-order valence-electron chi connectivity index (χ4n) is 11.4. The van der Waals surface area contributed by atoms with Crippen LogP contribution in [0, 0.1) is 0 Å². The fourth-order valence-corrected chi connectivity index (χ4v) is 11.4. The van der Waals surface area contributed by atoms with E-state index in [1.807, 2.05) is 0 Å². The minimum atomic E-state index is 0.784. The van der Waals surface area contributed by atoms with Crippen molar-refractivity contribution in [3.8, 4) is 0 Å². The van der Waals surface area contributed by atoms with E-state index in [0.29, 0.717) is 0 Å². The number of rotatable bonds is 6. The zero-order chi connectivity index (χ0) is 45.9. The van der Waals surface area contributed by atoms with Crippen molar-refractivity contribution in [3.63, 3.8) is 0 Å². The van der Waals surface area contributed by atoms with Crippen LogP contribution in [0.15, 0.2) is 251 Å². The first-order valence-corrected chi connectivity index (χ1v) is 23.9. The van der Waals surface area contributed by atoms with Crippen LogP contribution in [0.25, 0.3) is 109 Å². The summed E-state index contributed by atoms with van der Waals surface area (Å²) in [5, 5.41) is 18.4. The summed E-state index contributed by atoms with van der Waals surface area (Å²) in [4.78, 5) is 4.74. The van der Waals surface area contributed by atoms with E-state index < -0.39 is 0 Å². The molecular weight excluding hydrogens is 853 g/mol. The first-order chi connectivity index (χ1) is 34.7. The Hall–Kier alpha value is -9.38. The van der Waals surface area contributed by atoms with E-state index >= 15 is 0 Å². The molecule has 0 saturated heterocycles. The standard InChI is InChI=1S/C66H40N2O2/c1-3-17-45(18-4-1)67(47-31-33-51-43(37-47)29-27-41-15-7-9-21-49(41)51)58-39-61-63(55-25-13-11-23-53(55)58)57-35-36-60-65(66(57)70-61)64-56-26-14-12-24-54(56)59(40-62(64)69-60)68(46-19-5-2-6-20-46)48-32-34-52-44(38-48)30-28-42-16-8-10-22-50(42)52/h1-40H. The molecule has 4 nitrogen and oxygen atoms in total. The maximum absolute atomic E-state index is 7.26. The van der Waals surface area contributed by atoms with Crippen molar-refractivity contribution < 1.29 is 8.83 Å². The van der Waals surface area contributed by atoms with E-state index in [0.717, 1.165) is 99.5 Å². The smallest absolute Gasteiger partial charge is 0.147 e. The summed E-state index contributed by atoms with van der Waals surface area (Å²) in [7, 11) is 0. The number of nitrogens with zero attached hydrogens (tertiary/aromatic N) is 2. The van der Waals surface area contributed by atoms with Crippen LogP contribution in [-0.4, -0.2) is 0 Å². The number of furan rings is 2. The summed E-state index contributed by atoms with van der Waals surface area (Å²) >= 11 is 0. The van der Waals surface area contributed by atoms with Crippen LogP contribution in [0.4, 0.5) is 34.1 Å². The van der Waals surface area contributed by atoms with Gasteiger partial charge in [-0.05, 0) is 115 Å². The van der Waals surface area contributed by atoms with E-state index in [1.165, 1.54) is 43.1 Å². The van der Waals surface area contributed by atoms with E-state index in [1.54, 1.807) is 0 Å². The topological polar surface area (TPSA) is 32.8 Å². The third-order valence-corrected chi connectivity index (χ3v) is 14.5. The molecule has 0 bridgehead atoms. The lowest BCUT2D eigenvalue weighted by atomic mass is 9.97. The van der Waals surface area contributed by atoms with E-state index in [4.69, 9.17) is 8.83 Å². The highest BCUT2D eigenvalue weighted by Gasteiger charge is 2.26. The molecule has 0 aliphatic rings. The predicted molar refractivity (Wildman–Crippen MR) is 295 cm³/mol. The minimum Gasteiger partial charge on any atom is -0.456 e. The second kappa shape index (κ2) is 15.1. The molecule has 0 atom stereocenters. The molecule has 0 unspecified atom stereocenters. The Kier molecular flexibility index (Phi) is 8.33. The number of benzene rings is 13. The maximum atomic E-state index is 7.26. The summed E-state index contributed by atoms with van der Waals surface area (Å²) in [6.45, 7) is 0. The van der Waals surface area contributed by atoms with Gasteiger partial charge in [0.2, 0.25) is 0 Å². The molecule has 4 heteroatoms. The third-order valence-electron chi connectivity index (χ3n) is 14.5. The first kappa shape index (κ1) is 38.7. The monoisotopic (exact) mass is 892 g/mol. The molecular formula is C66H40N2O2. The molecule has 0 radical (unpaired) electrons. The van der Waals surface area contributed by atoms with Gasteiger partial charge in [-0.25, -0.2) is 0 Å². The molecule has 0 aliphatic heterocycles. The number of hydrogen-bond acceptors (Lipinski definition) is 4. The van der Waals surface area contributed by atoms with Crippen molar-refractivity contribution in [3.05, 3.63) is 243 Å². The zero-order valence-corrected chi connectivity index (χ0v) is 37.8. The number of para-hydroxylation sites is 2. The zero-order valence-electron chi connectivity index (χ0n) is 37.8. The molecule has 0 N–H and O–H groups in total. The van der Waals surface area contributed by atoms with Gasteiger partial charge in [0.05, 0.1) is 16.8 Å². The van der Waals surface area contributed by atoms with E-state index in [-0.39, 0.29) is 0 Å². The molecule has 0 fully saturated rings. The normalized spacial score (nSPS) is 12.0. The summed E-state index contributed by atoms with van der Waals surface area (Å²) in [6.07, 6.45) is 0. The van der Waals surface area contributed by atoms with Crippen molar-refractivity contribution in [2.75, 3.05) is 9.80 Å². The summed E-state index contributed by atoms with van der Waals surface area (Å²) < 4.78 is 14.2. The Bertz CT molecular complexity index is 4610. The Balaban J connectivity index is 0.957. The van der Waals surface area contributed by atoms with Crippen LogP contribution in [0.3, 0.4) is 0 Å². The second-order valence-electron chi connectivity index (χ2n) is 18.4. The molecule has 2 aromatic heterocycles. The molecule has 326 valence electrons. The Morgan fingerprint density at radius 1 is 0.229 bits per heavy atom. The van der Waals surface area contributed by atoms with Gasteiger partial charge < -0.3 is 18.6 Å². The largest absolute Gasteiger partial charge is 0.456 e. The van der Waals surface area contributed by atoms with Gasteiger partial charge in [-0.3, -0.25) is 0 Å². The summed E-state index contributed by atoms with van der Waals surface area (Å²) in [5.41, 5.74) is 9.56. The van der Waals surface area contributed by atoms with Crippen molar-refractivity contribution in [2.45, 2.75) is 0 Å². The van der Waals surface area contributed by atoms with Crippen molar-refractivity contribution in [1.82, 2.24) is 0 Å². The van der Waals surface area contributed by atoms with E-state index in [2.05, 4.69) is 252 Å². The molecule has 15 aromatic rings. The minimum absolute atomic E-state index is 0.784. The lowest BCUT2D eigenvalue weighted by Gasteiger charge is -2.27. The molecule has 13 aromatic carbocycles. The van der Waals surface area contributed by atoms with Crippen LogP contribution in [0.2, 0.25) is 0 Å². The Labute approximate surface area is 402 Å². The fraction of sp³-hybridized carbons (Fsp3) is 0. The highest BCUT2D eigenvalue weighted by Crippen LogP contribution is 2.50. The van der Waals surface area contributed by atoms with Gasteiger partial charge in [0.15, 0.2) is 0 Å². The van der Waals surface area contributed by atoms with Crippen molar-refractivity contribution in [2.24, 2.45) is 0 Å². The lowest BCUT2D eigenvalue weighted by Crippen LogP contribution is -2.10. The maximum Gasteiger partial charge on any atom is 0.147 e. The molecule has 0 aliphatic carbocycles. The average Bonchev–Trinajstić information content (AvgIpc) is 4.00. The summed E-state index contributed by atoms with van der Waals surface area (Å²) in [5.74, 6) is 0. The van der Waals surface area contributed by atoms with Gasteiger partial charge >= 0.3 is 0 Å². The molecule has 0 spiro atoms. The molecule has 70 heavy (non-hydrogen) atoms. The van der Waals surface area contributed by atoms with Gasteiger partial charge in [-0.2, -0.15) is 0 Å². The van der Waals surface area contributed by atoms with Crippen molar-refractivity contribution in [1.29, 1.82) is 0 Å². The van der Waals surface area contributed by atoms with Crippen molar-refractivity contribution >= 4 is 143 Å². The second-order valence-corrected chi connectivity index (χ2v) is 18.4. The van der Waals surface area contributed by atoms with Crippen LogP contribution in [0.5, 0.6) is 0 Å². The Morgan fingerprint density at radius 3 is 1.19 bits per heavy atom. The highest BCUT2D eigenvalue weighted by molar-refractivity contribution is 6.32. The first-order valence-electron chi connectivity index (χ1n) is 23.9. The number of anilines is 6.